The molecule has 0 saturated heterocycles. The lowest BCUT2D eigenvalue weighted by atomic mass is 10.4. The third kappa shape index (κ3) is 3.74. The average Bonchev–Trinajstić information content (AvgIpc) is 2.74. The minimum absolute atomic E-state index is 0.214. The number of aromatic nitrogens is 1. The van der Waals surface area contributed by atoms with E-state index in [0.29, 0.717) is 3.79 Å². The molecule has 0 spiro atoms. The van der Waals surface area contributed by atoms with Gasteiger partial charge in [-0.15, -0.1) is 0 Å². The lowest BCUT2D eigenvalue weighted by Crippen LogP contribution is -2.34. The second-order valence-electron chi connectivity index (χ2n) is 3.48. The van der Waals surface area contributed by atoms with Crippen molar-refractivity contribution in [1.82, 2.24) is 9.71 Å². The Labute approximate surface area is 126 Å². The van der Waals surface area contributed by atoms with Crippen molar-refractivity contribution in [1.29, 1.82) is 0 Å². The summed E-state index contributed by atoms with van der Waals surface area (Å²) in [5, 5.41) is 2.51. The molecular weight excluding hydrogens is 373 g/mol. The van der Waals surface area contributed by atoms with Gasteiger partial charge in [0.05, 0.1) is 14.9 Å². The van der Waals surface area contributed by atoms with Gasteiger partial charge in [0.25, 0.3) is 10.0 Å². The van der Waals surface area contributed by atoms with Crippen LogP contribution in [0.3, 0.4) is 0 Å². The van der Waals surface area contributed by atoms with Crippen LogP contribution in [-0.2, 0) is 10.0 Å². The zero-order valence-electron chi connectivity index (χ0n) is 9.63. The van der Waals surface area contributed by atoms with Crippen LogP contribution < -0.4 is 10.0 Å². The van der Waals surface area contributed by atoms with Gasteiger partial charge in [-0.05, 0) is 40.2 Å². The van der Waals surface area contributed by atoms with E-state index < -0.39 is 21.9 Å². The molecule has 1 aromatic carbocycles. The molecule has 6 nitrogen and oxygen atoms in total. The third-order valence-electron chi connectivity index (χ3n) is 2.05. The van der Waals surface area contributed by atoms with Gasteiger partial charge in [-0.1, -0.05) is 11.3 Å². The first-order valence-electron chi connectivity index (χ1n) is 5.07. The summed E-state index contributed by atoms with van der Waals surface area (Å²) in [6.45, 7) is 0. The average molecular weight is 380 g/mol. The summed E-state index contributed by atoms with van der Waals surface area (Å²) < 4.78 is 38.9. The topological polar surface area (TPSA) is 88.2 Å². The number of carbonyl (C=O) groups excluding carboxylic acids is 1. The van der Waals surface area contributed by atoms with Gasteiger partial charge in [-0.25, -0.2) is 27.3 Å². The first-order chi connectivity index (χ1) is 9.37. The van der Waals surface area contributed by atoms with Crippen molar-refractivity contribution >= 4 is 48.5 Å². The van der Waals surface area contributed by atoms with Gasteiger partial charge in [-0.2, -0.15) is 0 Å². The molecular formula is C10H7BrFN3O3S2. The molecule has 0 unspecified atom stereocenters. The Kier molecular flexibility index (Phi) is 4.35. The lowest BCUT2D eigenvalue weighted by molar-refractivity contribution is 0.256. The lowest BCUT2D eigenvalue weighted by Gasteiger charge is -2.06. The summed E-state index contributed by atoms with van der Waals surface area (Å²) in [6.07, 6.45) is 1.47. The molecule has 0 aliphatic rings. The molecule has 0 radical (unpaired) electrons. The monoisotopic (exact) mass is 379 g/mol. The first-order valence-corrected chi connectivity index (χ1v) is 8.17. The molecule has 0 fully saturated rings. The number of benzene rings is 1. The smallest absolute Gasteiger partial charge is 0.283 e. The quantitative estimate of drug-likeness (QED) is 0.857. The molecule has 0 aliphatic carbocycles. The number of thiazole rings is 1. The third-order valence-corrected chi connectivity index (χ3v) is 4.79. The van der Waals surface area contributed by atoms with E-state index >= 15 is 0 Å². The first kappa shape index (κ1) is 14.9. The van der Waals surface area contributed by atoms with Gasteiger partial charge >= 0.3 is 6.03 Å². The van der Waals surface area contributed by atoms with Crippen LogP contribution in [-0.4, -0.2) is 19.4 Å². The number of rotatable bonds is 3. The normalized spacial score (nSPS) is 11.1. The number of amides is 2. The van der Waals surface area contributed by atoms with Crippen LogP contribution >= 0.6 is 27.3 Å². The van der Waals surface area contributed by atoms with E-state index in [4.69, 9.17) is 0 Å². The molecule has 0 atom stereocenters. The van der Waals surface area contributed by atoms with Crippen molar-refractivity contribution in [3.8, 4) is 0 Å². The van der Waals surface area contributed by atoms with E-state index in [-0.39, 0.29) is 10.0 Å². The summed E-state index contributed by atoms with van der Waals surface area (Å²) in [4.78, 5) is 15.2. The van der Waals surface area contributed by atoms with E-state index in [0.717, 1.165) is 35.6 Å². The van der Waals surface area contributed by atoms with Crippen LogP contribution in [0.4, 0.5) is 14.3 Å². The molecule has 10 heteroatoms. The number of halogens is 2. The van der Waals surface area contributed by atoms with Gasteiger partial charge in [0.1, 0.15) is 5.82 Å². The van der Waals surface area contributed by atoms with Crippen LogP contribution in [0.5, 0.6) is 0 Å². The Morgan fingerprint density at radius 2 is 1.95 bits per heavy atom. The van der Waals surface area contributed by atoms with E-state index in [1.165, 1.54) is 6.20 Å². The highest BCUT2D eigenvalue weighted by Crippen LogP contribution is 2.23. The van der Waals surface area contributed by atoms with Crippen LogP contribution in [0, 0.1) is 5.82 Å². The SMILES string of the molecule is O=C(Nc1ncc(Br)s1)NS(=O)(=O)c1ccc(F)cc1. The number of nitrogens with one attached hydrogen (secondary N) is 2. The maximum absolute atomic E-state index is 12.7. The van der Waals surface area contributed by atoms with Crippen molar-refractivity contribution in [2.24, 2.45) is 0 Å². The van der Waals surface area contributed by atoms with Crippen LogP contribution in [0.25, 0.3) is 0 Å². The predicted molar refractivity (Wildman–Crippen MR) is 75.6 cm³/mol. The van der Waals surface area contributed by atoms with E-state index in [1.54, 1.807) is 4.72 Å². The highest BCUT2D eigenvalue weighted by molar-refractivity contribution is 9.11. The van der Waals surface area contributed by atoms with Crippen molar-refractivity contribution in [3.05, 3.63) is 40.1 Å². The molecule has 0 bridgehead atoms. The Hall–Kier alpha value is -1.52. The molecule has 2 rings (SSSR count). The van der Waals surface area contributed by atoms with Crippen molar-refractivity contribution in [3.63, 3.8) is 0 Å². The molecule has 2 N–H and O–H groups in total. The number of hydrogen-bond donors (Lipinski definition) is 2. The van der Waals surface area contributed by atoms with E-state index in [1.807, 2.05) is 0 Å². The Morgan fingerprint density at radius 3 is 2.50 bits per heavy atom. The van der Waals surface area contributed by atoms with Crippen LogP contribution in [0.1, 0.15) is 0 Å². The summed E-state index contributed by atoms with van der Waals surface area (Å²) in [5.74, 6) is -0.568. The Morgan fingerprint density at radius 1 is 1.30 bits per heavy atom. The van der Waals surface area contributed by atoms with Crippen molar-refractivity contribution in [2.45, 2.75) is 4.90 Å². The fourth-order valence-electron chi connectivity index (χ4n) is 1.23. The number of hydrogen-bond acceptors (Lipinski definition) is 5. The number of carbonyl (C=O) groups is 1. The van der Waals surface area contributed by atoms with Crippen molar-refractivity contribution < 1.29 is 17.6 Å². The summed E-state index contributed by atoms with van der Waals surface area (Å²) in [7, 11) is -4.05. The van der Waals surface area contributed by atoms with Crippen LogP contribution in [0.15, 0.2) is 39.1 Å². The molecule has 1 aromatic heterocycles. The van der Waals surface area contributed by atoms with Gasteiger partial charge < -0.3 is 0 Å². The van der Waals surface area contributed by atoms with Gasteiger partial charge in [0.15, 0.2) is 5.13 Å². The zero-order valence-corrected chi connectivity index (χ0v) is 12.9. The summed E-state index contributed by atoms with van der Waals surface area (Å²) in [6, 6.07) is 3.15. The highest BCUT2D eigenvalue weighted by atomic mass is 79.9. The largest absolute Gasteiger partial charge is 0.334 e. The maximum atomic E-state index is 12.7. The van der Waals surface area contributed by atoms with Gasteiger partial charge in [0.2, 0.25) is 0 Å². The maximum Gasteiger partial charge on any atom is 0.334 e. The van der Waals surface area contributed by atoms with Gasteiger partial charge in [-0.3, -0.25) is 5.32 Å². The molecule has 0 aliphatic heterocycles. The second-order valence-corrected chi connectivity index (χ2v) is 7.58. The standard InChI is InChI=1S/C10H7BrFN3O3S2/c11-8-5-13-10(19-8)14-9(16)15-20(17,18)7-3-1-6(12)2-4-7/h1-5H,(H2,13,14,15,16). The van der Waals surface area contributed by atoms with Crippen LogP contribution in [0.2, 0.25) is 0 Å². The molecule has 2 amide bonds. The fraction of sp³-hybridized carbons (Fsp3) is 0. The van der Waals surface area contributed by atoms with Gasteiger partial charge in [0, 0.05) is 0 Å². The molecule has 106 valence electrons. The zero-order chi connectivity index (χ0) is 14.8. The molecule has 20 heavy (non-hydrogen) atoms. The number of nitrogens with zero attached hydrogens (tertiary/aromatic N) is 1. The fourth-order valence-corrected chi connectivity index (χ4v) is 3.24. The number of anilines is 1. The summed E-state index contributed by atoms with van der Waals surface area (Å²) in [5.41, 5.74) is 0. The number of sulfonamides is 1. The molecule has 1 heterocycles. The Bertz CT molecular complexity index is 730. The number of urea groups is 1. The second kappa shape index (κ2) is 5.85. The predicted octanol–water partition coefficient (Wildman–Crippen LogP) is 2.56. The van der Waals surface area contributed by atoms with Crippen molar-refractivity contribution in [2.75, 3.05) is 5.32 Å². The minimum atomic E-state index is -4.05. The molecule has 2 aromatic rings. The molecule has 0 saturated carbocycles. The summed E-state index contributed by atoms with van der Waals surface area (Å²) >= 11 is 4.29. The van der Waals surface area contributed by atoms with E-state index in [9.17, 15) is 17.6 Å². The highest BCUT2D eigenvalue weighted by Gasteiger charge is 2.18. The van der Waals surface area contributed by atoms with E-state index in [2.05, 4.69) is 26.2 Å². The Balaban J connectivity index is 2.08. The minimum Gasteiger partial charge on any atom is -0.283 e.